The van der Waals surface area contributed by atoms with Gasteiger partial charge in [-0.05, 0) is 73.3 Å². The topological polar surface area (TPSA) is 40.5 Å². The molecule has 0 amide bonds. The van der Waals surface area contributed by atoms with Gasteiger partial charge in [0.05, 0.1) is 4.88 Å². The zero-order valence-corrected chi connectivity index (χ0v) is 16.1. The minimum absolute atomic E-state index is 0.0827. The quantitative estimate of drug-likeness (QED) is 0.757. The Bertz CT molecular complexity index is 735. The number of carbonyl (C=O) groups is 1. The molecule has 1 saturated heterocycles. The highest BCUT2D eigenvalue weighted by atomic mass is 35.5. The van der Waals surface area contributed by atoms with Gasteiger partial charge in [0.1, 0.15) is 0 Å². The fourth-order valence-electron chi connectivity index (χ4n) is 3.52. The second kappa shape index (κ2) is 8.00. The number of hydrogen-bond acceptors (Lipinski definition) is 4. The number of thiophene rings is 1. The number of Topliss-reactive ketones (excluding diaryl/α,β-unsaturated/α-hetero) is 1. The van der Waals surface area contributed by atoms with Gasteiger partial charge in [-0.15, -0.1) is 11.3 Å². The van der Waals surface area contributed by atoms with E-state index in [0.717, 1.165) is 54.4 Å². The van der Waals surface area contributed by atoms with Crippen LogP contribution in [0.15, 0.2) is 35.7 Å². The standard InChI is InChI=1S/C20H24ClNO2S/c1-15(24)19-10-16(13-25-19)12-22-8-6-20(14-23,7-9-22)11-17-4-2-3-5-18(17)21/h2-5,10,13,23H,6-9,11-12,14H2,1H3. The van der Waals surface area contributed by atoms with Crippen molar-refractivity contribution < 1.29 is 9.90 Å². The number of benzene rings is 1. The Kier molecular flexibility index (Phi) is 5.95. The van der Waals surface area contributed by atoms with E-state index in [4.69, 9.17) is 11.6 Å². The Labute approximate surface area is 158 Å². The molecule has 2 aromatic rings. The molecule has 1 N–H and O–H groups in total. The summed E-state index contributed by atoms with van der Waals surface area (Å²) in [4.78, 5) is 14.7. The Morgan fingerprint density at radius 1 is 1.32 bits per heavy atom. The van der Waals surface area contributed by atoms with Crippen molar-refractivity contribution in [2.24, 2.45) is 5.41 Å². The SMILES string of the molecule is CC(=O)c1cc(CN2CCC(CO)(Cc3ccccc3Cl)CC2)cs1. The van der Waals surface area contributed by atoms with Crippen LogP contribution < -0.4 is 0 Å². The summed E-state index contributed by atoms with van der Waals surface area (Å²) in [7, 11) is 0. The first-order valence-corrected chi connectivity index (χ1v) is 9.92. The van der Waals surface area contributed by atoms with E-state index in [1.807, 2.05) is 24.3 Å². The minimum Gasteiger partial charge on any atom is -0.396 e. The van der Waals surface area contributed by atoms with Crippen molar-refractivity contribution in [3.8, 4) is 0 Å². The van der Waals surface area contributed by atoms with Crippen LogP contribution in [0.2, 0.25) is 5.02 Å². The van der Waals surface area contributed by atoms with Crippen LogP contribution in [0, 0.1) is 5.41 Å². The Balaban J connectivity index is 1.60. The second-order valence-electron chi connectivity index (χ2n) is 7.08. The summed E-state index contributed by atoms with van der Waals surface area (Å²) in [6, 6.07) is 9.92. The Hall–Kier alpha value is -1.20. The molecule has 1 aliphatic rings. The van der Waals surface area contributed by atoms with E-state index >= 15 is 0 Å². The largest absolute Gasteiger partial charge is 0.396 e. The maximum absolute atomic E-state index is 11.4. The number of aliphatic hydroxyl groups is 1. The predicted molar refractivity (Wildman–Crippen MR) is 104 cm³/mol. The minimum atomic E-state index is -0.0827. The van der Waals surface area contributed by atoms with Gasteiger partial charge in [0.15, 0.2) is 5.78 Å². The van der Waals surface area contributed by atoms with E-state index in [9.17, 15) is 9.90 Å². The Morgan fingerprint density at radius 2 is 2.04 bits per heavy atom. The predicted octanol–water partition coefficient (Wildman–Crippen LogP) is 4.42. The first-order valence-electron chi connectivity index (χ1n) is 8.66. The molecule has 25 heavy (non-hydrogen) atoms. The second-order valence-corrected chi connectivity index (χ2v) is 8.40. The first-order chi connectivity index (χ1) is 12.0. The van der Waals surface area contributed by atoms with Crippen LogP contribution in [-0.2, 0) is 13.0 Å². The molecule has 0 bridgehead atoms. The van der Waals surface area contributed by atoms with Gasteiger partial charge in [-0.2, -0.15) is 0 Å². The average Bonchev–Trinajstić information content (AvgIpc) is 3.08. The molecule has 3 nitrogen and oxygen atoms in total. The van der Waals surface area contributed by atoms with Gasteiger partial charge in [0, 0.05) is 18.2 Å². The van der Waals surface area contributed by atoms with Gasteiger partial charge in [-0.3, -0.25) is 9.69 Å². The van der Waals surface area contributed by atoms with Crippen molar-refractivity contribution >= 4 is 28.7 Å². The molecule has 0 unspecified atom stereocenters. The summed E-state index contributed by atoms with van der Waals surface area (Å²) in [5.41, 5.74) is 2.24. The molecule has 2 heterocycles. The number of likely N-dealkylation sites (tertiary alicyclic amines) is 1. The lowest BCUT2D eigenvalue weighted by atomic mass is 9.74. The van der Waals surface area contributed by atoms with Gasteiger partial charge in [0.2, 0.25) is 0 Å². The molecular formula is C20H24ClNO2S. The molecule has 0 saturated carbocycles. The van der Waals surface area contributed by atoms with E-state index in [0.29, 0.717) is 0 Å². The molecule has 3 rings (SSSR count). The highest BCUT2D eigenvalue weighted by Crippen LogP contribution is 2.37. The van der Waals surface area contributed by atoms with Gasteiger partial charge in [0.25, 0.3) is 0 Å². The van der Waals surface area contributed by atoms with E-state index in [-0.39, 0.29) is 17.8 Å². The number of hydrogen-bond donors (Lipinski definition) is 1. The third-order valence-electron chi connectivity index (χ3n) is 5.18. The third-order valence-corrected chi connectivity index (χ3v) is 6.63. The third kappa shape index (κ3) is 4.50. The van der Waals surface area contributed by atoms with Crippen LogP contribution >= 0.6 is 22.9 Å². The molecule has 5 heteroatoms. The molecule has 0 atom stereocenters. The number of ketones is 1. The van der Waals surface area contributed by atoms with Gasteiger partial charge in [-0.25, -0.2) is 0 Å². The molecule has 1 aliphatic heterocycles. The van der Waals surface area contributed by atoms with E-state index < -0.39 is 0 Å². The summed E-state index contributed by atoms with van der Waals surface area (Å²) in [6.07, 6.45) is 2.74. The fourth-order valence-corrected chi connectivity index (χ4v) is 4.53. The Morgan fingerprint density at radius 3 is 2.64 bits per heavy atom. The lowest BCUT2D eigenvalue weighted by Crippen LogP contribution is -2.42. The summed E-state index contributed by atoms with van der Waals surface area (Å²) in [5.74, 6) is 0.133. The average molecular weight is 378 g/mol. The van der Waals surface area contributed by atoms with Crippen LogP contribution in [0.5, 0.6) is 0 Å². The van der Waals surface area contributed by atoms with Crippen LogP contribution in [0.1, 0.15) is 40.6 Å². The fraction of sp³-hybridized carbons (Fsp3) is 0.450. The zero-order chi connectivity index (χ0) is 17.9. The first kappa shape index (κ1) is 18.6. The van der Waals surface area contributed by atoms with Crippen molar-refractivity contribution in [3.05, 3.63) is 56.7 Å². The van der Waals surface area contributed by atoms with Crippen molar-refractivity contribution in [3.63, 3.8) is 0 Å². The van der Waals surface area contributed by atoms with Gasteiger partial charge >= 0.3 is 0 Å². The number of aliphatic hydroxyl groups excluding tert-OH is 1. The summed E-state index contributed by atoms with van der Waals surface area (Å²) in [6.45, 7) is 4.59. The normalized spacial score (nSPS) is 17.6. The molecular weight excluding hydrogens is 354 g/mol. The highest BCUT2D eigenvalue weighted by molar-refractivity contribution is 7.12. The van der Waals surface area contributed by atoms with Crippen LogP contribution in [0.25, 0.3) is 0 Å². The van der Waals surface area contributed by atoms with Crippen LogP contribution in [0.4, 0.5) is 0 Å². The van der Waals surface area contributed by atoms with Crippen molar-refractivity contribution in [2.45, 2.75) is 32.7 Å². The zero-order valence-electron chi connectivity index (χ0n) is 14.5. The molecule has 1 fully saturated rings. The summed E-state index contributed by atoms with van der Waals surface area (Å²) >= 11 is 7.83. The van der Waals surface area contributed by atoms with E-state index in [1.165, 1.54) is 16.9 Å². The molecule has 0 spiro atoms. The van der Waals surface area contributed by atoms with Crippen LogP contribution in [0.3, 0.4) is 0 Å². The highest BCUT2D eigenvalue weighted by Gasteiger charge is 2.34. The molecule has 134 valence electrons. The van der Waals surface area contributed by atoms with E-state index in [2.05, 4.69) is 16.3 Å². The molecule has 0 aliphatic carbocycles. The maximum Gasteiger partial charge on any atom is 0.169 e. The van der Waals surface area contributed by atoms with Crippen LogP contribution in [-0.4, -0.2) is 35.5 Å². The van der Waals surface area contributed by atoms with Gasteiger partial charge in [-0.1, -0.05) is 29.8 Å². The molecule has 1 aromatic carbocycles. The molecule has 1 aromatic heterocycles. The number of nitrogens with zero attached hydrogens (tertiary/aromatic N) is 1. The summed E-state index contributed by atoms with van der Waals surface area (Å²) < 4.78 is 0. The smallest absolute Gasteiger partial charge is 0.169 e. The lowest BCUT2D eigenvalue weighted by molar-refractivity contribution is 0.0414. The van der Waals surface area contributed by atoms with Crippen molar-refractivity contribution in [1.82, 2.24) is 4.90 Å². The van der Waals surface area contributed by atoms with E-state index in [1.54, 1.807) is 6.92 Å². The molecule has 0 radical (unpaired) electrons. The lowest BCUT2D eigenvalue weighted by Gasteiger charge is -2.41. The number of carbonyl (C=O) groups excluding carboxylic acids is 1. The number of rotatable bonds is 6. The van der Waals surface area contributed by atoms with Crippen molar-refractivity contribution in [1.29, 1.82) is 0 Å². The number of halogens is 1. The maximum atomic E-state index is 11.4. The summed E-state index contributed by atoms with van der Waals surface area (Å²) in [5, 5.41) is 12.9. The number of piperidine rings is 1. The monoisotopic (exact) mass is 377 g/mol. The van der Waals surface area contributed by atoms with Crippen molar-refractivity contribution in [2.75, 3.05) is 19.7 Å². The van der Waals surface area contributed by atoms with Gasteiger partial charge < -0.3 is 5.11 Å².